The lowest BCUT2D eigenvalue weighted by Gasteiger charge is -2.66. The van der Waals surface area contributed by atoms with Crippen molar-refractivity contribution in [3.63, 3.8) is 0 Å². The van der Waals surface area contributed by atoms with Crippen LogP contribution in [0.4, 0.5) is 0 Å². The number of methoxy groups -OCH3 is 2. The first-order valence-electron chi connectivity index (χ1n) is 17.1. The Bertz CT molecular complexity index is 982. The van der Waals surface area contributed by atoms with Crippen LogP contribution in [0.3, 0.4) is 0 Å². The fourth-order valence-electron chi connectivity index (χ4n) is 11.2. The van der Waals surface area contributed by atoms with Crippen molar-refractivity contribution in [3.8, 4) is 0 Å². The normalized spacial score (nSPS) is 52.2. The first kappa shape index (κ1) is 34.9. The third-order valence-corrected chi connectivity index (χ3v) is 13.4. The van der Waals surface area contributed by atoms with Gasteiger partial charge in [0.15, 0.2) is 6.29 Å². The molecule has 6 N–H and O–H groups in total. The molecule has 17 atom stereocenters. The second-order valence-corrected chi connectivity index (χ2v) is 16.0. The largest absolute Gasteiger partial charge is 0.393 e. The molecule has 5 rings (SSSR count). The van der Waals surface area contributed by atoms with Crippen molar-refractivity contribution in [2.45, 2.75) is 147 Å². The molecule has 10 nitrogen and oxygen atoms in total. The predicted molar refractivity (Wildman–Crippen MR) is 162 cm³/mol. The molecule has 0 aromatic rings. The average Bonchev–Trinajstić information content (AvgIpc) is 3.24. The summed E-state index contributed by atoms with van der Waals surface area (Å²) < 4.78 is 23.1. The Balaban J connectivity index is 1.34. The van der Waals surface area contributed by atoms with Gasteiger partial charge >= 0.3 is 0 Å². The highest BCUT2D eigenvalue weighted by molar-refractivity contribution is 5.21. The van der Waals surface area contributed by atoms with E-state index < -0.39 is 66.0 Å². The quantitative estimate of drug-likeness (QED) is 0.209. The molecule has 17 unspecified atom stereocenters. The molecule has 1 heterocycles. The topological polar surface area (TPSA) is 158 Å². The Morgan fingerprint density at radius 3 is 2.16 bits per heavy atom. The molecule has 10 heteroatoms. The molecular weight excluding hydrogens is 568 g/mol. The average molecular weight is 629 g/mol. The molecular formula is C34H60O10. The molecule has 0 aromatic carbocycles. The summed E-state index contributed by atoms with van der Waals surface area (Å²) >= 11 is 0. The van der Waals surface area contributed by atoms with Crippen LogP contribution in [0.25, 0.3) is 0 Å². The number of ether oxygens (including phenoxy) is 4. The van der Waals surface area contributed by atoms with Gasteiger partial charge in [0.1, 0.15) is 18.3 Å². The van der Waals surface area contributed by atoms with Crippen molar-refractivity contribution in [2.24, 2.45) is 46.3 Å². The maximum absolute atomic E-state index is 12.7. The maximum atomic E-state index is 12.7. The third kappa shape index (κ3) is 5.61. The van der Waals surface area contributed by atoms with Gasteiger partial charge in [-0.05, 0) is 79.4 Å². The van der Waals surface area contributed by atoms with E-state index in [1.54, 1.807) is 0 Å². The molecule has 0 aromatic heterocycles. The van der Waals surface area contributed by atoms with Gasteiger partial charge in [0.25, 0.3) is 0 Å². The molecule has 1 saturated heterocycles. The predicted octanol–water partition coefficient (Wildman–Crippen LogP) is 2.24. The van der Waals surface area contributed by atoms with E-state index in [0.717, 1.165) is 25.7 Å². The monoisotopic (exact) mass is 628 g/mol. The minimum absolute atomic E-state index is 0.0190. The van der Waals surface area contributed by atoms with Gasteiger partial charge in [0, 0.05) is 32.5 Å². The lowest BCUT2D eigenvalue weighted by atomic mass is 9.41. The standard InChI is InChI=1S/C34H60O10/c1-17(2)20(35)9-8-18(3)19-14-21(36)30-32(19,4)13-11-25-33(5)12-10-24(27(39)26(33)22(37)15-34(25,30)40)44-31-29(42-7)28(41-6)23(38)16-43-31/h17-31,35-40H,8-16H2,1-7H3. The first-order valence-corrected chi connectivity index (χ1v) is 17.1. The molecule has 4 saturated carbocycles. The fourth-order valence-corrected chi connectivity index (χ4v) is 11.2. The van der Waals surface area contributed by atoms with Crippen molar-refractivity contribution in [1.82, 2.24) is 0 Å². The molecule has 0 bridgehead atoms. The van der Waals surface area contributed by atoms with Crippen LogP contribution < -0.4 is 0 Å². The van der Waals surface area contributed by atoms with Gasteiger partial charge in [-0.3, -0.25) is 0 Å². The van der Waals surface area contributed by atoms with Gasteiger partial charge in [0.2, 0.25) is 0 Å². The van der Waals surface area contributed by atoms with Crippen molar-refractivity contribution >= 4 is 0 Å². The number of aliphatic hydroxyl groups is 6. The van der Waals surface area contributed by atoms with E-state index in [0.29, 0.717) is 19.3 Å². The van der Waals surface area contributed by atoms with E-state index in [-0.39, 0.29) is 54.1 Å². The Morgan fingerprint density at radius 2 is 1.52 bits per heavy atom. The van der Waals surface area contributed by atoms with Gasteiger partial charge in [-0.25, -0.2) is 0 Å². The second kappa shape index (κ2) is 12.9. The van der Waals surface area contributed by atoms with Gasteiger partial charge in [-0.15, -0.1) is 0 Å². The number of fused-ring (bicyclic) bond motifs is 5. The summed E-state index contributed by atoms with van der Waals surface area (Å²) in [4.78, 5) is 0. The van der Waals surface area contributed by atoms with Gasteiger partial charge in [-0.2, -0.15) is 0 Å². The molecule has 44 heavy (non-hydrogen) atoms. The highest BCUT2D eigenvalue weighted by atomic mass is 16.7. The number of rotatable bonds is 9. The minimum atomic E-state index is -1.26. The molecule has 5 aliphatic rings. The minimum Gasteiger partial charge on any atom is -0.393 e. The third-order valence-electron chi connectivity index (χ3n) is 13.4. The number of hydrogen-bond acceptors (Lipinski definition) is 10. The van der Waals surface area contributed by atoms with Crippen LogP contribution in [0.15, 0.2) is 0 Å². The van der Waals surface area contributed by atoms with Crippen LogP contribution in [0.2, 0.25) is 0 Å². The van der Waals surface area contributed by atoms with Gasteiger partial charge in [0.05, 0.1) is 42.7 Å². The van der Waals surface area contributed by atoms with Gasteiger partial charge < -0.3 is 49.6 Å². The highest BCUT2D eigenvalue weighted by Gasteiger charge is 2.72. The summed E-state index contributed by atoms with van der Waals surface area (Å²) in [7, 11) is 3.00. The first-order chi connectivity index (χ1) is 20.6. The Morgan fingerprint density at radius 1 is 0.864 bits per heavy atom. The zero-order valence-electron chi connectivity index (χ0n) is 27.8. The van der Waals surface area contributed by atoms with E-state index in [4.69, 9.17) is 18.9 Å². The summed E-state index contributed by atoms with van der Waals surface area (Å²) in [5.41, 5.74) is -2.10. The molecule has 1 aliphatic heterocycles. The Labute approximate surface area is 263 Å². The van der Waals surface area contributed by atoms with Crippen molar-refractivity contribution < 1.29 is 49.6 Å². The lowest BCUT2D eigenvalue weighted by molar-refractivity contribution is -0.321. The smallest absolute Gasteiger partial charge is 0.186 e. The van der Waals surface area contributed by atoms with Crippen molar-refractivity contribution in [3.05, 3.63) is 0 Å². The van der Waals surface area contributed by atoms with E-state index in [1.165, 1.54) is 14.2 Å². The van der Waals surface area contributed by atoms with E-state index in [9.17, 15) is 30.6 Å². The molecule has 0 radical (unpaired) electrons. The Hall–Kier alpha value is -0.400. The van der Waals surface area contributed by atoms with Crippen LogP contribution in [-0.2, 0) is 18.9 Å². The second-order valence-electron chi connectivity index (χ2n) is 16.0. The summed E-state index contributed by atoms with van der Waals surface area (Å²) in [6.45, 7) is 10.6. The Kier molecular flexibility index (Phi) is 10.2. The van der Waals surface area contributed by atoms with Crippen LogP contribution >= 0.6 is 0 Å². The van der Waals surface area contributed by atoms with E-state index in [2.05, 4.69) is 20.8 Å². The summed E-state index contributed by atoms with van der Waals surface area (Å²) in [6, 6.07) is 0. The summed E-state index contributed by atoms with van der Waals surface area (Å²) in [5, 5.41) is 68.6. The van der Waals surface area contributed by atoms with E-state index >= 15 is 0 Å². The summed E-state index contributed by atoms with van der Waals surface area (Å²) in [6.07, 6.45) is -1.57. The lowest BCUT2D eigenvalue weighted by Crippen LogP contribution is -2.71. The number of hydrogen-bond donors (Lipinski definition) is 6. The molecule has 0 amide bonds. The van der Waals surface area contributed by atoms with Gasteiger partial charge in [-0.1, -0.05) is 34.6 Å². The van der Waals surface area contributed by atoms with E-state index in [1.807, 2.05) is 13.8 Å². The molecule has 5 fully saturated rings. The van der Waals surface area contributed by atoms with Crippen molar-refractivity contribution in [1.29, 1.82) is 0 Å². The zero-order chi connectivity index (χ0) is 32.4. The van der Waals surface area contributed by atoms with Crippen LogP contribution in [0.1, 0.15) is 86.0 Å². The maximum Gasteiger partial charge on any atom is 0.186 e. The zero-order valence-corrected chi connectivity index (χ0v) is 27.8. The van der Waals surface area contributed by atoms with Crippen LogP contribution in [-0.4, -0.2) is 112 Å². The van der Waals surface area contributed by atoms with Crippen molar-refractivity contribution in [2.75, 3.05) is 20.8 Å². The highest BCUT2D eigenvalue weighted by Crippen LogP contribution is 2.70. The molecule has 4 aliphatic carbocycles. The fraction of sp³-hybridized carbons (Fsp3) is 1.00. The molecule has 256 valence electrons. The molecule has 0 spiro atoms. The summed E-state index contributed by atoms with van der Waals surface area (Å²) in [5.74, 6) is -0.371. The van der Waals surface area contributed by atoms with Crippen LogP contribution in [0, 0.1) is 46.3 Å². The van der Waals surface area contributed by atoms with Crippen LogP contribution in [0.5, 0.6) is 0 Å². The SMILES string of the molecule is COC1C(O)COC(OC2CCC3(C)C(C(O)CC4(O)C3CCC3(C)C(C(C)CCC(O)C(C)C)CC(O)C34)C2O)C1OC. The number of aliphatic hydroxyl groups excluding tert-OH is 5.